The number of carbonyl (C=O) groups is 1. The molecule has 1 aliphatic rings. The molecule has 0 radical (unpaired) electrons. The van der Waals surface area contributed by atoms with E-state index < -0.39 is 0 Å². The van der Waals surface area contributed by atoms with Crippen molar-refractivity contribution in [3.05, 3.63) is 28.2 Å². The van der Waals surface area contributed by atoms with Crippen LogP contribution in [-0.4, -0.2) is 35.2 Å². The number of urea groups is 1. The van der Waals surface area contributed by atoms with E-state index in [1.54, 1.807) is 11.8 Å². The minimum Gasteiger partial charge on any atom is -0.393 e. The number of piperidine rings is 1. The maximum absolute atomic E-state index is 12.3. The van der Waals surface area contributed by atoms with E-state index in [0.717, 1.165) is 35.1 Å². The van der Waals surface area contributed by atoms with Gasteiger partial charge in [0, 0.05) is 29.2 Å². The molecule has 1 aliphatic heterocycles. The van der Waals surface area contributed by atoms with Gasteiger partial charge in [-0.1, -0.05) is 15.9 Å². The fourth-order valence-corrected chi connectivity index (χ4v) is 2.76. The number of amides is 2. The third-order valence-corrected chi connectivity index (χ3v) is 4.73. The summed E-state index contributed by atoms with van der Waals surface area (Å²) in [6.45, 7) is 5.16. The van der Waals surface area contributed by atoms with Gasteiger partial charge in [-0.25, -0.2) is 4.79 Å². The van der Waals surface area contributed by atoms with Crippen LogP contribution in [0.5, 0.6) is 0 Å². The molecule has 0 saturated carbocycles. The Hall–Kier alpha value is -1.07. The zero-order valence-corrected chi connectivity index (χ0v) is 13.5. The minimum atomic E-state index is -0.361. The lowest BCUT2D eigenvalue weighted by molar-refractivity contribution is 0.0766. The molecular formula is C15H21BrN2O2. The Morgan fingerprint density at radius 1 is 1.55 bits per heavy atom. The Labute approximate surface area is 128 Å². The van der Waals surface area contributed by atoms with Crippen molar-refractivity contribution in [3.63, 3.8) is 0 Å². The van der Waals surface area contributed by atoms with Gasteiger partial charge in [-0.2, -0.15) is 0 Å². The van der Waals surface area contributed by atoms with E-state index in [0.29, 0.717) is 6.54 Å². The number of halogens is 1. The van der Waals surface area contributed by atoms with Gasteiger partial charge < -0.3 is 15.3 Å². The summed E-state index contributed by atoms with van der Waals surface area (Å²) in [6.07, 6.45) is 1.57. The van der Waals surface area contributed by atoms with E-state index in [2.05, 4.69) is 21.2 Å². The van der Waals surface area contributed by atoms with E-state index in [9.17, 15) is 9.90 Å². The van der Waals surface area contributed by atoms with Gasteiger partial charge >= 0.3 is 6.03 Å². The number of hydrogen-bond acceptors (Lipinski definition) is 2. The van der Waals surface area contributed by atoms with Crippen LogP contribution in [0.25, 0.3) is 0 Å². The highest BCUT2D eigenvalue weighted by molar-refractivity contribution is 9.10. The first-order chi connectivity index (χ1) is 9.47. The van der Waals surface area contributed by atoms with Crippen molar-refractivity contribution in [1.29, 1.82) is 0 Å². The van der Waals surface area contributed by atoms with Crippen molar-refractivity contribution in [2.24, 2.45) is 5.92 Å². The molecular weight excluding hydrogens is 320 g/mol. The number of aliphatic hydroxyl groups excluding tert-OH is 1. The maximum Gasteiger partial charge on any atom is 0.321 e. The zero-order chi connectivity index (χ0) is 14.7. The van der Waals surface area contributed by atoms with Crippen LogP contribution in [0.2, 0.25) is 0 Å². The maximum atomic E-state index is 12.3. The number of anilines is 1. The molecule has 110 valence electrons. The number of aryl methyl sites for hydroxylation is 1. The van der Waals surface area contributed by atoms with Crippen LogP contribution in [0.4, 0.5) is 10.5 Å². The molecule has 1 heterocycles. The summed E-state index contributed by atoms with van der Waals surface area (Å²) in [5, 5.41) is 12.6. The summed E-state index contributed by atoms with van der Waals surface area (Å²) in [7, 11) is 0. The van der Waals surface area contributed by atoms with Crippen LogP contribution < -0.4 is 5.32 Å². The third kappa shape index (κ3) is 3.73. The zero-order valence-electron chi connectivity index (χ0n) is 11.9. The SMILES string of the molecule is Cc1cc(NC(=O)N2CCCC(C(C)O)C2)ccc1Br. The van der Waals surface area contributed by atoms with Gasteiger partial charge in [0.2, 0.25) is 0 Å². The predicted octanol–water partition coefficient (Wildman–Crippen LogP) is 3.38. The van der Waals surface area contributed by atoms with Crippen molar-refractivity contribution in [2.45, 2.75) is 32.8 Å². The molecule has 0 spiro atoms. The number of rotatable bonds is 2. The third-order valence-electron chi connectivity index (χ3n) is 3.84. The molecule has 0 bridgehead atoms. The molecule has 5 heteroatoms. The number of carbonyl (C=O) groups excluding carboxylic acids is 1. The number of nitrogens with zero attached hydrogens (tertiary/aromatic N) is 1. The minimum absolute atomic E-state index is 0.0860. The molecule has 1 aromatic rings. The molecule has 2 N–H and O–H groups in total. The molecule has 2 atom stereocenters. The molecule has 1 aromatic carbocycles. The molecule has 1 fully saturated rings. The average Bonchev–Trinajstić information content (AvgIpc) is 2.43. The highest BCUT2D eigenvalue weighted by atomic mass is 79.9. The summed E-state index contributed by atoms with van der Waals surface area (Å²) in [5.41, 5.74) is 1.89. The second-order valence-electron chi connectivity index (χ2n) is 5.48. The quantitative estimate of drug-likeness (QED) is 0.866. The average molecular weight is 341 g/mol. The smallest absolute Gasteiger partial charge is 0.321 e. The lowest BCUT2D eigenvalue weighted by atomic mass is 9.94. The van der Waals surface area contributed by atoms with Gasteiger partial charge in [0.15, 0.2) is 0 Å². The van der Waals surface area contributed by atoms with Gasteiger partial charge in [-0.3, -0.25) is 0 Å². The fraction of sp³-hybridized carbons (Fsp3) is 0.533. The van der Waals surface area contributed by atoms with Gasteiger partial charge in [-0.05, 0) is 50.5 Å². The first-order valence-corrected chi connectivity index (χ1v) is 7.77. The van der Waals surface area contributed by atoms with Crippen LogP contribution in [-0.2, 0) is 0 Å². The van der Waals surface area contributed by atoms with Gasteiger partial charge in [0.05, 0.1) is 6.10 Å². The summed E-state index contributed by atoms with van der Waals surface area (Å²) in [4.78, 5) is 14.0. The van der Waals surface area contributed by atoms with Crippen molar-refractivity contribution in [1.82, 2.24) is 4.90 Å². The van der Waals surface area contributed by atoms with Crippen LogP contribution in [0, 0.1) is 12.8 Å². The molecule has 2 amide bonds. The topological polar surface area (TPSA) is 52.6 Å². The van der Waals surface area contributed by atoms with Crippen molar-refractivity contribution < 1.29 is 9.90 Å². The van der Waals surface area contributed by atoms with Crippen molar-refractivity contribution in [2.75, 3.05) is 18.4 Å². The van der Waals surface area contributed by atoms with Crippen LogP contribution in [0.3, 0.4) is 0 Å². The molecule has 20 heavy (non-hydrogen) atoms. The van der Waals surface area contributed by atoms with E-state index in [4.69, 9.17) is 0 Å². The Balaban J connectivity index is 1.98. The number of benzene rings is 1. The molecule has 2 unspecified atom stereocenters. The van der Waals surface area contributed by atoms with Gasteiger partial charge in [0.1, 0.15) is 0 Å². The first-order valence-electron chi connectivity index (χ1n) is 6.97. The lowest BCUT2D eigenvalue weighted by Gasteiger charge is -2.34. The van der Waals surface area contributed by atoms with E-state index in [1.165, 1.54) is 0 Å². The summed E-state index contributed by atoms with van der Waals surface area (Å²) in [5.74, 6) is 0.182. The molecule has 1 saturated heterocycles. The second kappa shape index (κ2) is 6.59. The predicted molar refractivity (Wildman–Crippen MR) is 83.9 cm³/mol. The number of nitrogens with one attached hydrogen (secondary N) is 1. The number of aliphatic hydroxyl groups is 1. The largest absolute Gasteiger partial charge is 0.393 e. The summed E-state index contributed by atoms with van der Waals surface area (Å²) >= 11 is 3.45. The van der Waals surface area contributed by atoms with Gasteiger partial charge in [0.25, 0.3) is 0 Å². The molecule has 0 aromatic heterocycles. The monoisotopic (exact) mass is 340 g/mol. The second-order valence-corrected chi connectivity index (χ2v) is 6.34. The standard InChI is InChI=1S/C15H21BrN2O2/c1-10-8-13(5-6-14(10)16)17-15(20)18-7-3-4-12(9-18)11(2)19/h5-6,8,11-12,19H,3-4,7,9H2,1-2H3,(H,17,20). The number of hydrogen-bond donors (Lipinski definition) is 2. The Morgan fingerprint density at radius 2 is 2.30 bits per heavy atom. The van der Waals surface area contributed by atoms with Gasteiger partial charge in [-0.15, -0.1) is 0 Å². The van der Waals surface area contributed by atoms with E-state index in [1.807, 2.05) is 25.1 Å². The van der Waals surface area contributed by atoms with Crippen molar-refractivity contribution >= 4 is 27.6 Å². The van der Waals surface area contributed by atoms with E-state index in [-0.39, 0.29) is 18.1 Å². The lowest BCUT2D eigenvalue weighted by Crippen LogP contribution is -2.44. The molecule has 0 aliphatic carbocycles. The Bertz CT molecular complexity index is 491. The highest BCUT2D eigenvalue weighted by Crippen LogP contribution is 2.22. The number of likely N-dealkylation sites (tertiary alicyclic amines) is 1. The summed E-state index contributed by atoms with van der Waals surface area (Å²) < 4.78 is 1.03. The van der Waals surface area contributed by atoms with E-state index >= 15 is 0 Å². The Morgan fingerprint density at radius 3 is 2.95 bits per heavy atom. The van der Waals surface area contributed by atoms with Crippen LogP contribution >= 0.6 is 15.9 Å². The Kier molecular flexibility index (Phi) is 5.05. The molecule has 2 rings (SSSR count). The normalized spacial score (nSPS) is 20.6. The molecule has 4 nitrogen and oxygen atoms in total. The van der Waals surface area contributed by atoms with Crippen LogP contribution in [0.15, 0.2) is 22.7 Å². The fourth-order valence-electron chi connectivity index (χ4n) is 2.51. The summed E-state index contributed by atoms with van der Waals surface area (Å²) in [6, 6.07) is 5.67. The highest BCUT2D eigenvalue weighted by Gasteiger charge is 2.26. The van der Waals surface area contributed by atoms with Crippen molar-refractivity contribution in [3.8, 4) is 0 Å². The first kappa shape index (κ1) is 15.3. The van der Waals surface area contributed by atoms with Crippen LogP contribution in [0.1, 0.15) is 25.3 Å².